The molecule has 0 aliphatic carbocycles. The van der Waals surface area contributed by atoms with Crippen molar-refractivity contribution >= 4 is 0 Å². The molecule has 0 spiro atoms. The van der Waals surface area contributed by atoms with Gasteiger partial charge in [0.2, 0.25) is 0 Å². The summed E-state index contributed by atoms with van der Waals surface area (Å²) >= 11 is 0. The summed E-state index contributed by atoms with van der Waals surface area (Å²) in [6.07, 6.45) is 2.16. The molecule has 2 heteroatoms. The summed E-state index contributed by atoms with van der Waals surface area (Å²) in [4.78, 5) is 4.25. The molecule has 1 heterocycles. The van der Waals surface area contributed by atoms with Crippen LogP contribution >= 0.6 is 0 Å². The van der Waals surface area contributed by atoms with Crippen molar-refractivity contribution in [3.05, 3.63) is 60.6 Å². The third-order valence-corrected chi connectivity index (χ3v) is 2.32. The molecule has 16 heavy (non-hydrogen) atoms. The van der Waals surface area contributed by atoms with E-state index in [0.29, 0.717) is 12.0 Å². The molecule has 0 saturated carbocycles. The van der Waals surface area contributed by atoms with Crippen LogP contribution in [0.1, 0.15) is 11.1 Å². The van der Waals surface area contributed by atoms with Gasteiger partial charge in [-0.3, -0.25) is 4.98 Å². The molecule has 2 rings (SSSR count). The van der Waals surface area contributed by atoms with Crippen molar-refractivity contribution in [3.8, 4) is 17.3 Å². The Morgan fingerprint density at radius 3 is 2.75 bits per heavy atom. The lowest BCUT2D eigenvalue weighted by Crippen LogP contribution is -1.88. The first-order chi connectivity index (χ1) is 7.83. The fourth-order valence-electron chi connectivity index (χ4n) is 1.56. The molecule has 0 fully saturated rings. The van der Waals surface area contributed by atoms with Gasteiger partial charge in [-0.2, -0.15) is 5.26 Å². The van der Waals surface area contributed by atoms with Gasteiger partial charge in [-0.1, -0.05) is 6.07 Å². The van der Waals surface area contributed by atoms with Gasteiger partial charge >= 0.3 is 0 Å². The molecule has 0 bridgehead atoms. The standard InChI is InChI=1S/C14H10N2/c1-2-11-7-12(10-15)9-13(8-11)14-5-3-4-6-16-14/h1,3-9H,2H2. The third-order valence-electron chi connectivity index (χ3n) is 2.32. The molecule has 0 aliphatic rings. The van der Waals surface area contributed by atoms with E-state index < -0.39 is 0 Å². The first-order valence-corrected chi connectivity index (χ1v) is 4.99. The van der Waals surface area contributed by atoms with E-state index in [9.17, 15) is 0 Å². The van der Waals surface area contributed by atoms with Crippen LogP contribution < -0.4 is 0 Å². The van der Waals surface area contributed by atoms with Gasteiger partial charge < -0.3 is 0 Å². The Hall–Kier alpha value is -2.14. The number of hydrogen-bond donors (Lipinski definition) is 0. The SMILES string of the molecule is [CH]Cc1cc(C#N)cc(-c2ccccn2)c1. The lowest BCUT2D eigenvalue weighted by atomic mass is 10.0. The molecular weight excluding hydrogens is 196 g/mol. The Morgan fingerprint density at radius 2 is 2.12 bits per heavy atom. The summed E-state index contributed by atoms with van der Waals surface area (Å²) in [6.45, 7) is 5.59. The highest BCUT2D eigenvalue weighted by Gasteiger charge is 2.02. The van der Waals surface area contributed by atoms with Crippen molar-refractivity contribution in [3.63, 3.8) is 0 Å². The zero-order valence-corrected chi connectivity index (χ0v) is 8.72. The maximum absolute atomic E-state index is 8.92. The van der Waals surface area contributed by atoms with Crippen LogP contribution in [0.3, 0.4) is 0 Å². The summed E-state index contributed by atoms with van der Waals surface area (Å²) in [7, 11) is 0. The summed E-state index contributed by atoms with van der Waals surface area (Å²) in [5.74, 6) is 0. The number of benzene rings is 1. The largest absolute Gasteiger partial charge is 0.256 e. The Kier molecular flexibility index (Phi) is 2.98. The van der Waals surface area contributed by atoms with Gasteiger partial charge in [0.15, 0.2) is 0 Å². The molecule has 2 nitrogen and oxygen atoms in total. The lowest BCUT2D eigenvalue weighted by Gasteiger charge is -2.04. The second kappa shape index (κ2) is 4.59. The minimum Gasteiger partial charge on any atom is -0.256 e. The van der Waals surface area contributed by atoms with Crippen LogP contribution in [-0.4, -0.2) is 4.98 Å². The molecule has 0 N–H and O–H groups in total. The summed E-state index contributed by atoms with van der Waals surface area (Å²) < 4.78 is 0. The van der Waals surface area contributed by atoms with E-state index in [1.54, 1.807) is 12.3 Å². The van der Waals surface area contributed by atoms with E-state index in [2.05, 4.69) is 11.1 Å². The number of nitrogens with zero attached hydrogens (tertiary/aromatic N) is 2. The van der Waals surface area contributed by atoms with Crippen molar-refractivity contribution in [1.82, 2.24) is 4.98 Å². The fraction of sp³-hybridized carbons (Fsp3) is 0.0714. The summed E-state index contributed by atoms with van der Waals surface area (Å²) in [5.41, 5.74) is 3.35. The fourth-order valence-corrected chi connectivity index (χ4v) is 1.56. The summed E-state index contributed by atoms with van der Waals surface area (Å²) in [6, 6.07) is 13.4. The van der Waals surface area contributed by atoms with Crippen LogP contribution in [0.15, 0.2) is 42.6 Å². The van der Waals surface area contributed by atoms with Crippen molar-refractivity contribution in [2.75, 3.05) is 0 Å². The van der Waals surface area contributed by atoms with Gasteiger partial charge in [0.05, 0.1) is 17.3 Å². The lowest BCUT2D eigenvalue weighted by molar-refractivity contribution is 1.25. The average molecular weight is 206 g/mol. The highest BCUT2D eigenvalue weighted by atomic mass is 14.7. The van der Waals surface area contributed by atoms with Gasteiger partial charge in [-0.05, 0) is 49.2 Å². The van der Waals surface area contributed by atoms with Gasteiger partial charge in [0.1, 0.15) is 0 Å². The molecular formula is C14H10N2. The Morgan fingerprint density at radius 1 is 1.25 bits per heavy atom. The molecule has 0 atom stereocenters. The van der Waals surface area contributed by atoms with Gasteiger partial charge in [-0.15, -0.1) is 0 Å². The number of rotatable bonds is 2. The molecule has 2 aromatic rings. The Bertz CT molecular complexity index is 524. The van der Waals surface area contributed by atoms with E-state index in [1.807, 2.05) is 30.3 Å². The maximum Gasteiger partial charge on any atom is 0.0991 e. The number of hydrogen-bond acceptors (Lipinski definition) is 2. The van der Waals surface area contributed by atoms with Crippen molar-refractivity contribution in [1.29, 1.82) is 5.26 Å². The highest BCUT2D eigenvalue weighted by molar-refractivity contribution is 5.62. The van der Waals surface area contributed by atoms with E-state index in [-0.39, 0.29) is 0 Å². The third kappa shape index (κ3) is 2.09. The number of nitriles is 1. The zero-order valence-electron chi connectivity index (χ0n) is 8.72. The maximum atomic E-state index is 8.92. The monoisotopic (exact) mass is 206 g/mol. The van der Waals surface area contributed by atoms with E-state index in [4.69, 9.17) is 12.2 Å². The molecule has 0 saturated heterocycles. The normalized spacial score (nSPS) is 9.75. The predicted molar refractivity (Wildman–Crippen MR) is 62.4 cm³/mol. The van der Waals surface area contributed by atoms with Gasteiger partial charge in [0.25, 0.3) is 0 Å². The van der Waals surface area contributed by atoms with Crippen LogP contribution in [0.2, 0.25) is 0 Å². The van der Waals surface area contributed by atoms with Crippen LogP contribution in [-0.2, 0) is 6.42 Å². The summed E-state index contributed by atoms with van der Waals surface area (Å²) in [5, 5.41) is 8.92. The minimum absolute atomic E-state index is 0.426. The van der Waals surface area contributed by atoms with Crippen LogP contribution in [0, 0.1) is 18.3 Å². The molecule has 0 aliphatic heterocycles. The first kappa shape index (κ1) is 10.4. The minimum atomic E-state index is 0.426. The van der Waals surface area contributed by atoms with Crippen molar-refractivity contribution in [2.45, 2.75) is 6.42 Å². The predicted octanol–water partition coefficient (Wildman–Crippen LogP) is 2.87. The van der Waals surface area contributed by atoms with Gasteiger partial charge in [-0.25, -0.2) is 0 Å². The van der Waals surface area contributed by atoms with Crippen LogP contribution in [0.5, 0.6) is 0 Å². The Balaban J connectivity index is 2.54. The van der Waals surface area contributed by atoms with Crippen molar-refractivity contribution < 1.29 is 0 Å². The second-order valence-electron chi connectivity index (χ2n) is 3.45. The van der Waals surface area contributed by atoms with E-state index in [0.717, 1.165) is 16.8 Å². The Labute approximate surface area is 95.2 Å². The average Bonchev–Trinajstić information content (AvgIpc) is 2.39. The first-order valence-electron chi connectivity index (χ1n) is 4.99. The van der Waals surface area contributed by atoms with Crippen LogP contribution in [0.25, 0.3) is 11.3 Å². The van der Waals surface area contributed by atoms with E-state index >= 15 is 0 Å². The molecule has 0 unspecified atom stereocenters. The smallest absolute Gasteiger partial charge is 0.0991 e. The topological polar surface area (TPSA) is 36.7 Å². The quantitative estimate of drug-likeness (QED) is 0.757. The zero-order chi connectivity index (χ0) is 11.4. The molecule has 76 valence electrons. The van der Waals surface area contributed by atoms with E-state index in [1.165, 1.54) is 0 Å². The molecule has 1 aromatic carbocycles. The molecule has 2 radical (unpaired) electrons. The second-order valence-corrected chi connectivity index (χ2v) is 3.45. The highest BCUT2D eigenvalue weighted by Crippen LogP contribution is 2.20. The van der Waals surface area contributed by atoms with Gasteiger partial charge in [0, 0.05) is 11.8 Å². The molecule has 1 aromatic heterocycles. The number of pyridine rings is 1. The molecule has 0 amide bonds. The number of aromatic nitrogens is 1. The van der Waals surface area contributed by atoms with Crippen molar-refractivity contribution in [2.24, 2.45) is 0 Å². The van der Waals surface area contributed by atoms with Crippen LogP contribution in [0.4, 0.5) is 0 Å².